The lowest BCUT2D eigenvalue weighted by atomic mass is 9.97. The zero-order valence-electron chi connectivity index (χ0n) is 27.5. The first-order chi connectivity index (χ1) is 25.2. The quantitative estimate of drug-likeness (QED) is 0.171. The molecule has 0 unspecified atom stereocenters. The van der Waals surface area contributed by atoms with Crippen LogP contribution < -0.4 is 0 Å². The molecule has 51 heavy (non-hydrogen) atoms. The molecule has 0 radical (unpaired) electrons. The molecule has 0 saturated heterocycles. The van der Waals surface area contributed by atoms with Crippen LogP contribution in [0.2, 0.25) is 0 Å². The van der Waals surface area contributed by atoms with Crippen molar-refractivity contribution in [2.24, 2.45) is 0 Å². The van der Waals surface area contributed by atoms with Crippen LogP contribution in [0.3, 0.4) is 0 Å². The van der Waals surface area contributed by atoms with Gasteiger partial charge in [0.15, 0.2) is 0 Å². The summed E-state index contributed by atoms with van der Waals surface area (Å²) in [6.45, 7) is 0. The molecule has 0 aliphatic heterocycles. The molecule has 0 aliphatic rings. The van der Waals surface area contributed by atoms with Gasteiger partial charge < -0.3 is 4.42 Å². The van der Waals surface area contributed by atoms with Gasteiger partial charge in [-0.05, 0) is 69.8 Å². The van der Waals surface area contributed by atoms with Crippen molar-refractivity contribution in [3.63, 3.8) is 0 Å². The average molecular weight is 655 g/mol. The highest BCUT2D eigenvalue weighted by molar-refractivity contribution is 5.87. The summed E-state index contributed by atoms with van der Waals surface area (Å²) in [6.07, 6.45) is 0. The van der Waals surface area contributed by atoms with Crippen molar-refractivity contribution in [1.82, 2.24) is 20.2 Å². The van der Waals surface area contributed by atoms with E-state index < -0.39 is 0 Å². The maximum Gasteiger partial charge on any atom is 0.248 e. The smallest absolute Gasteiger partial charge is 0.248 e. The second-order valence-corrected chi connectivity index (χ2v) is 12.4. The summed E-state index contributed by atoms with van der Waals surface area (Å²) in [6, 6.07) is 62.3. The van der Waals surface area contributed by atoms with Crippen molar-refractivity contribution < 1.29 is 4.42 Å². The fraction of sp³-hybridized carbons (Fsp3) is 0. The fourth-order valence-corrected chi connectivity index (χ4v) is 6.37. The largest absolute Gasteiger partial charge is 0.416 e. The molecule has 0 amide bonds. The molecule has 0 fully saturated rings. The van der Waals surface area contributed by atoms with Gasteiger partial charge in [0.2, 0.25) is 11.8 Å². The molecule has 2 aromatic heterocycles. The predicted molar refractivity (Wildman–Crippen MR) is 205 cm³/mol. The number of para-hydroxylation sites is 2. The molecule has 2 heterocycles. The third kappa shape index (κ3) is 6.09. The van der Waals surface area contributed by atoms with E-state index >= 15 is 0 Å². The van der Waals surface area contributed by atoms with Crippen molar-refractivity contribution >= 4 is 11.0 Å². The van der Waals surface area contributed by atoms with E-state index in [1.54, 1.807) is 0 Å². The summed E-state index contributed by atoms with van der Waals surface area (Å²) in [7, 11) is 0. The monoisotopic (exact) mass is 654 g/mol. The van der Waals surface area contributed by atoms with Crippen molar-refractivity contribution in [3.05, 3.63) is 182 Å². The third-order valence-corrected chi connectivity index (χ3v) is 9.12. The van der Waals surface area contributed by atoms with Crippen LogP contribution in [0.25, 0.3) is 89.8 Å². The molecule has 0 aliphatic carbocycles. The van der Waals surface area contributed by atoms with Gasteiger partial charge in [0, 0.05) is 22.3 Å². The Morgan fingerprint density at radius 1 is 0.255 bits per heavy atom. The lowest BCUT2D eigenvalue weighted by Gasteiger charge is -2.11. The summed E-state index contributed by atoms with van der Waals surface area (Å²) >= 11 is 0. The van der Waals surface area contributed by atoms with E-state index in [-0.39, 0.29) is 0 Å². The first-order valence-corrected chi connectivity index (χ1v) is 16.9. The Morgan fingerprint density at radius 3 is 0.922 bits per heavy atom. The molecule has 0 N–H and O–H groups in total. The summed E-state index contributed by atoms with van der Waals surface area (Å²) < 4.78 is 5.93. The van der Waals surface area contributed by atoms with E-state index in [4.69, 9.17) is 14.4 Å². The molecule has 0 spiro atoms. The van der Waals surface area contributed by atoms with E-state index in [0.29, 0.717) is 11.8 Å². The van der Waals surface area contributed by atoms with Gasteiger partial charge in [0.05, 0.1) is 22.4 Å². The lowest BCUT2D eigenvalue weighted by Crippen LogP contribution is -1.95. The maximum absolute atomic E-state index is 5.93. The number of aromatic nitrogens is 4. The number of benzene rings is 7. The molecular formula is C46H30N4O. The minimum absolute atomic E-state index is 0.506. The summed E-state index contributed by atoms with van der Waals surface area (Å²) in [5, 5.41) is 8.47. The maximum atomic E-state index is 5.93. The Hall–Kier alpha value is -6.98. The van der Waals surface area contributed by atoms with E-state index in [1.165, 1.54) is 11.1 Å². The normalized spacial score (nSPS) is 11.1. The summed E-state index contributed by atoms with van der Waals surface area (Å²) in [5.41, 5.74) is 14.3. The molecule has 5 heteroatoms. The van der Waals surface area contributed by atoms with Gasteiger partial charge in [-0.3, -0.25) is 0 Å². The van der Waals surface area contributed by atoms with Crippen LogP contribution in [0.1, 0.15) is 0 Å². The number of hydrogen-bond acceptors (Lipinski definition) is 5. The van der Waals surface area contributed by atoms with Gasteiger partial charge >= 0.3 is 0 Å². The van der Waals surface area contributed by atoms with E-state index in [0.717, 1.165) is 66.9 Å². The lowest BCUT2D eigenvalue weighted by molar-refractivity contribution is 0.584. The SMILES string of the molecule is c1ccc(-c2nnc(-c3ccc(-c4ccc(-c5ccc(-c6ccc(-c7nc8ccccc8nc7-c7ccccc7)cc6)cc5)cc4)cc3)o2)cc1. The molecule has 0 saturated carbocycles. The number of hydrogen-bond donors (Lipinski definition) is 0. The highest BCUT2D eigenvalue weighted by Gasteiger charge is 2.14. The van der Waals surface area contributed by atoms with Crippen LogP contribution >= 0.6 is 0 Å². The zero-order valence-corrected chi connectivity index (χ0v) is 27.5. The zero-order chi connectivity index (χ0) is 34.0. The van der Waals surface area contributed by atoms with E-state index in [1.807, 2.05) is 84.9 Å². The fourth-order valence-electron chi connectivity index (χ4n) is 6.37. The van der Waals surface area contributed by atoms with Crippen molar-refractivity contribution in [1.29, 1.82) is 0 Å². The van der Waals surface area contributed by atoms with Gasteiger partial charge in [0.1, 0.15) is 0 Å². The Kier molecular flexibility index (Phi) is 7.76. The summed E-state index contributed by atoms with van der Waals surface area (Å²) in [4.78, 5) is 10.1. The molecular weight excluding hydrogens is 625 g/mol. The first-order valence-electron chi connectivity index (χ1n) is 16.9. The minimum atomic E-state index is 0.506. The number of fused-ring (bicyclic) bond motifs is 1. The van der Waals surface area contributed by atoms with Crippen LogP contribution in [0.4, 0.5) is 0 Å². The van der Waals surface area contributed by atoms with Gasteiger partial charge in [-0.25, -0.2) is 9.97 Å². The minimum Gasteiger partial charge on any atom is -0.416 e. The Balaban J connectivity index is 0.913. The second-order valence-electron chi connectivity index (χ2n) is 12.4. The average Bonchev–Trinajstić information content (AvgIpc) is 3.72. The van der Waals surface area contributed by atoms with E-state index in [9.17, 15) is 0 Å². The Labute approximate surface area is 295 Å². The van der Waals surface area contributed by atoms with Gasteiger partial charge in [-0.15, -0.1) is 10.2 Å². The van der Waals surface area contributed by atoms with Gasteiger partial charge in [0.25, 0.3) is 0 Å². The second kappa shape index (κ2) is 13.1. The van der Waals surface area contributed by atoms with Crippen LogP contribution in [-0.4, -0.2) is 20.2 Å². The highest BCUT2D eigenvalue weighted by atomic mass is 16.4. The van der Waals surface area contributed by atoms with Gasteiger partial charge in [-0.1, -0.05) is 146 Å². The van der Waals surface area contributed by atoms with Crippen molar-refractivity contribution in [2.75, 3.05) is 0 Å². The van der Waals surface area contributed by atoms with Crippen LogP contribution in [0.15, 0.2) is 186 Å². The molecule has 9 aromatic rings. The standard InChI is InChI=1S/C46H30N4O/c1-3-9-37(10-4-1)43-44(48-42-14-8-7-13-41(42)47-43)38-27-23-35(24-28-38)33-19-15-31(16-20-33)32-17-21-34(22-18-32)36-25-29-40(30-26-36)46-50-49-45(51-46)39-11-5-2-6-12-39/h1-30H. The van der Waals surface area contributed by atoms with E-state index in [2.05, 4.69) is 107 Å². The topological polar surface area (TPSA) is 64.7 Å². The van der Waals surface area contributed by atoms with Crippen molar-refractivity contribution in [2.45, 2.75) is 0 Å². The van der Waals surface area contributed by atoms with Crippen LogP contribution in [0.5, 0.6) is 0 Å². The predicted octanol–water partition coefficient (Wildman–Crippen LogP) is 11.7. The van der Waals surface area contributed by atoms with Crippen LogP contribution in [-0.2, 0) is 0 Å². The highest BCUT2D eigenvalue weighted by Crippen LogP contribution is 2.34. The van der Waals surface area contributed by atoms with Crippen molar-refractivity contribution in [3.8, 4) is 78.8 Å². The molecule has 5 nitrogen and oxygen atoms in total. The Bertz CT molecular complexity index is 2580. The summed E-state index contributed by atoms with van der Waals surface area (Å²) in [5.74, 6) is 1.02. The number of rotatable bonds is 7. The molecule has 0 atom stereocenters. The molecule has 0 bridgehead atoms. The van der Waals surface area contributed by atoms with Gasteiger partial charge in [-0.2, -0.15) is 0 Å². The molecule has 7 aromatic carbocycles. The third-order valence-electron chi connectivity index (χ3n) is 9.12. The number of nitrogens with zero attached hydrogens (tertiary/aromatic N) is 4. The first kappa shape index (κ1) is 30.1. The molecule has 240 valence electrons. The van der Waals surface area contributed by atoms with Crippen LogP contribution in [0, 0.1) is 0 Å². The molecule has 9 rings (SSSR count). The Morgan fingerprint density at radius 2 is 0.529 bits per heavy atom.